The van der Waals surface area contributed by atoms with Crippen LogP contribution in [0.1, 0.15) is 26.3 Å². The highest BCUT2D eigenvalue weighted by atomic mass is 32.2. The number of aldehydes is 1. The summed E-state index contributed by atoms with van der Waals surface area (Å²) in [5.41, 5.74) is 0.521. The first kappa shape index (κ1) is 11.8. The number of fused-ring (bicyclic) bond motifs is 2. The molecule has 4 nitrogen and oxygen atoms in total. The van der Waals surface area contributed by atoms with Gasteiger partial charge in [0, 0.05) is 16.7 Å². The minimum absolute atomic E-state index is 0.00412. The van der Waals surface area contributed by atoms with Crippen molar-refractivity contribution >= 4 is 21.9 Å². The fourth-order valence-electron chi connectivity index (χ4n) is 2.17. The Hall–Kier alpha value is -2.27. The zero-order valence-corrected chi connectivity index (χ0v) is 10.5. The molecule has 2 aromatic carbocycles. The van der Waals surface area contributed by atoms with Crippen LogP contribution in [-0.4, -0.2) is 20.5 Å². The van der Waals surface area contributed by atoms with E-state index in [0.717, 1.165) is 0 Å². The Labute approximate surface area is 109 Å². The molecule has 94 valence electrons. The number of hydrogen-bond donors (Lipinski definition) is 0. The van der Waals surface area contributed by atoms with Crippen molar-refractivity contribution in [3.05, 3.63) is 59.2 Å². The van der Waals surface area contributed by atoms with Gasteiger partial charge >= 0.3 is 0 Å². The van der Waals surface area contributed by atoms with Crippen LogP contribution in [0.15, 0.2) is 52.3 Å². The summed E-state index contributed by atoms with van der Waals surface area (Å²) in [6.07, 6.45) is 0.556. The molecule has 0 spiro atoms. The van der Waals surface area contributed by atoms with E-state index >= 15 is 0 Å². The number of ketones is 1. The summed E-state index contributed by atoms with van der Waals surface area (Å²) in [7, 11) is -3.75. The lowest BCUT2D eigenvalue weighted by Crippen LogP contribution is -2.20. The molecule has 5 heteroatoms. The summed E-state index contributed by atoms with van der Waals surface area (Å²) in [5.74, 6) is -0.335. The molecule has 0 bridgehead atoms. The third kappa shape index (κ3) is 1.55. The van der Waals surface area contributed by atoms with Gasteiger partial charge in [0.2, 0.25) is 9.84 Å². The standard InChI is InChI=1S/C14H8O4S/c15-8-9-5-6-11-13(7-9)19(17,18)12-4-2-1-3-10(12)14(11)16/h1-8H. The maximum Gasteiger partial charge on any atom is 0.208 e. The van der Waals surface area contributed by atoms with Gasteiger partial charge in [0.1, 0.15) is 6.29 Å². The summed E-state index contributed by atoms with van der Waals surface area (Å²) in [6.45, 7) is 0. The van der Waals surface area contributed by atoms with Gasteiger partial charge in [-0.3, -0.25) is 9.59 Å². The maximum atomic E-state index is 12.4. The molecule has 0 unspecified atom stereocenters. The average Bonchev–Trinajstić information content (AvgIpc) is 2.45. The van der Waals surface area contributed by atoms with Crippen LogP contribution >= 0.6 is 0 Å². The lowest BCUT2D eigenvalue weighted by molar-refractivity contribution is 0.103. The van der Waals surface area contributed by atoms with Crippen molar-refractivity contribution in [2.24, 2.45) is 0 Å². The van der Waals surface area contributed by atoms with E-state index in [1.54, 1.807) is 12.1 Å². The molecule has 0 saturated heterocycles. The number of benzene rings is 2. The van der Waals surface area contributed by atoms with E-state index in [9.17, 15) is 18.0 Å². The topological polar surface area (TPSA) is 68.3 Å². The van der Waals surface area contributed by atoms with Crippen molar-refractivity contribution in [2.75, 3.05) is 0 Å². The molecule has 0 atom stereocenters. The predicted molar refractivity (Wildman–Crippen MR) is 67.2 cm³/mol. The van der Waals surface area contributed by atoms with Gasteiger partial charge in [0.15, 0.2) is 5.78 Å². The molecule has 0 aliphatic carbocycles. The quantitative estimate of drug-likeness (QED) is 0.634. The highest BCUT2D eigenvalue weighted by Gasteiger charge is 2.34. The third-order valence-corrected chi connectivity index (χ3v) is 4.95. The van der Waals surface area contributed by atoms with Crippen molar-refractivity contribution in [3.8, 4) is 0 Å². The Kier molecular flexibility index (Phi) is 2.40. The van der Waals surface area contributed by atoms with Crippen LogP contribution in [0, 0.1) is 0 Å². The van der Waals surface area contributed by atoms with E-state index in [0.29, 0.717) is 6.29 Å². The minimum Gasteiger partial charge on any atom is -0.298 e. The van der Waals surface area contributed by atoms with Crippen molar-refractivity contribution in [3.63, 3.8) is 0 Å². The van der Waals surface area contributed by atoms with Crippen LogP contribution in [0.2, 0.25) is 0 Å². The number of rotatable bonds is 1. The largest absolute Gasteiger partial charge is 0.298 e. The van der Waals surface area contributed by atoms with Crippen LogP contribution in [0.3, 0.4) is 0 Å². The van der Waals surface area contributed by atoms with Crippen LogP contribution in [0.25, 0.3) is 0 Å². The van der Waals surface area contributed by atoms with Gasteiger partial charge in [0.05, 0.1) is 9.79 Å². The fourth-order valence-corrected chi connectivity index (χ4v) is 3.86. The lowest BCUT2D eigenvalue weighted by atomic mass is 10.0. The number of sulfone groups is 1. The molecule has 0 saturated carbocycles. The van der Waals surface area contributed by atoms with Crippen LogP contribution in [0.5, 0.6) is 0 Å². The van der Waals surface area contributed by atoms with Gasteiger partial charge in [-0.15, -0.1) is 0 Å². The second-order valence-corrected chi connectivity index (χ2v) is 6.09. The van der Waals surface area contributed by atoms with Crippen LogP contribution in [0.4, 0.5) is 0 Å². The monoisotopic (exact) mass is 272 g/mol. The molecule has 1 aliphatic heterocycles. The summed E-state index contributed by atoms with van der Waals surface area (Å²) in [6, 6.07) is 10.1. The van der Waals surface area contributed by atoms with Crippen molar-refractivity contribution in [1.29, 1.82) is 0 Å². The predicted octanol–water partition coefficient (Wildman–Crippen LogP) is 1.88. The van der Waals surface area contributed by atoms with E-state index in [4.69, 9.17) is 0 Å². The second-order valence-electron chi connectivity index (χ2n) is 4.20. The van der Waals surface area contributed by atoms with Crippen molar-refractivity contribution in [2.45, 2.75) is 9.79 Å². The normalized spacial score (nSPS) is 15.5. The summed E-state index contributed by atoms with van der Waals surface area (Å²) < 4.78 is 24.9. The fraction of sp³-hybridized carbons (Fsp3) is 0. The molecule has 19 heavy (non-hydrogen) atoms. The molecule has 0 fully saturated rings. The molecule has 0 radical (unpaired) electrons. The van der Waals surface area contributed by atoms with Gasteiger partial charge in [-0.2, -0.15) is 0 Å². The number of carbonyl (C=O) groups excluding carboxylic acids is 2. The van der Waals surface area contributed by atoms with E-state index in [1.807, 2.05) is 0 Å². The average molecular weight is 272 g/mol. The Balaban J connectivity index is 2.42. The second kappa shape index (κ2) is 3.86. The molecular weight excluding hydrogens is 264 g/mol. The van der Waals surface area contributed by atoms with E-state index in [2.05, 4.69) is 0 Å². The Morgan fingerprint density at radius 1 is 0.895 bits per heavy atom. The maximum absolute atomic E-state index is 12.4. The number of hydrogen-bond acceptors (Lipinski definition) is 4. The van der Waals surface area contributed by atoms with E-state index < -0.39 is 9.84 Å². The minimum atomic E-state index is -3.75. The van der Waals surface area contributed by atoms with Crippen LogP contribution in [-0.2, 0) is 9.84 Å². The zero-order valence-electron chi connectivity index (χ0n) is 9.66. The SMILES string of the molecule is O=Cc1ccc2c(c1)S(=O)(=O)c1ccccc1C2=O. The van der Waals surface area contributed by atoms with Crippen molar-refractivity contribution < 1.29 is 18.0 Å². The first-order valence-corrected chi connectivity index (χ1v) is 7.02. The van der Waals surface area contributed by atoms with Gasteiger partial charge in [0.25, 0.3) is 0 Å². The van der Waals surface area contributed by atoms with Crippen molar-refractivity contribution in [1.82, 2.24) is 0 Å². The van der Waals surface area contributed by atoms with E-state index in [-0.39, 0.29) is 32.3 Å². The van der Waals surface area contributed by atoms with Gasteiger partial charge in [-0.1, -0.05) is 18.2 Å². The third-order valence-electron chi connectivity index (χ3n) is 3.10. The summed E-state index contributed by atoms with van der Waals surface area (Å²) in [5, 5.41) is 0. The molecule has 2 aromatic rings. The molecule has 3 rings (SSSR count). The number of carbonyl (C=O) groups is 2. The Morgan fingerprint density at radius 2 is 1.58 bits per heavy atom. The van der Waals surface area contributed by atoms with Gasteiger partial charge < -0.3 is 0 Å². The molecule has 1 heterocycles. The highest BCUT2D eigenvalue weighted by molar-refractivity contribution is 7.91. The Bertz CT molecular complexity index is 819. The molecule has 0 N–H and O–H groups in total. The summed E-state index contributed by atoms with van der Waals surface area (Å²) in [4.78, 5) is 22.9. The Morgan fingerprint density at radius 3 is 2.32 bits per heavy atom. The lowest BCUT2D eigenvalue weighted by Gasteiger charge is -2.18. The van der Waals surface area contributed by atoms with Crippen LogP contribution < -0.4 is 0 Å². The molecular formula is C14H8O4S. The smallest absolute Gasteiger partial charge is 0.208 e. The van der Waals surface area contributed by atoms with Gasteiger partial charge in [-0.05, 0) is 24.3 Å². The zero-order chi connectivity index (χ0) is 13.6. The summed E-state index contributed by atoms with van der Waals surface area (Å²) >= 11 is 0. The molecule has 1 aliphatic rings. The first-order chi connectivity index (χ1) is 9.05. The molecule has 0 aromatic heterocycles. The molecule has 0 amide bonds. The highest BCUT2D eigenvalue weighted by Crippen LogP contribution is 2.34. The first-order valence-electron chi connectivity index (χ1n) is 5.54. The van der Waals surface area contributed by atoms with E-state index in [1.165, 1.54) is 30.3 Å². The van der Waals surface area contributed by atoms with Gasteiger partial charge in [-0.25, -0.2) is 8.42 Å².